The normalized spacial score (nSPS) is 4.50. The first kappa shape index (κ1) is 9.10. The van der Waals surface area contributed by atoms with Gasteiger partial charge in [0.25, 0.3) is 0 Å². The summed E-state index contributed by atoms with van der Waals surface area (Å²) in [6, 6.07) is 0. The molecule has 0 aliphatic rings. The molecule has 0 aliphatic carbocycles. The number of rotatable bonds is 0. The Bertz CT molecular complexity index is 3.25. The van der Waals surface area contributed by atoms with Crippen molar-refractivity contribution in [3.8, 4) is 0 Å². The van der Waals surface area contributed by atoms with Crippen molar-refractivity contribution in [2.75, 3.05) is 0 Å². The van der Waals surface area contributed by atoms with E-state index in [0.29, 0.717) is 0 Å². The molecule has 0 aromatic carbocycles. The van der Waals surface area contributed by atoms with Crippen LogP contribution in [0.25, 0.3) is 0 Å². The van der Waals surface area contributed by atoms with Crippen molar-refractivity contribution < 1.29 is 66.9 Å². The Morgan fingerprint density at radius 3 is 1.75 bits per heavy atom. The molecule has 0 aliphatic heterocycles. The fourth-order valence-electron chi connectivity index (χ4n) is 0. The average molecular weight is 88.1 g/mol. The predicted octanol–water partition coefficient (Wildman–Crippen LogP) is -4.24. The van der Waals surface area contributed by atoms with Crippen LogP contribution < -0.4 is 56.6 Å². The second-order valence-electron chi connectivity index (χ2n) is 0.0745. The largest absolute Gasteiger partial charge is 1.00 e. The van der Waals surface area contributed by atoms with E-state index in [1.807, 2.05) is 5.04 Å². The van der Waals surface area contributed by atoms with Gasteiger partial charge in [-0.3, -0.25) is 5.26 Å². The van der Waals surface area contributed by atoms with Gasteiger partial charge in [0.1, 0.15) is 0 Å². The Labute approximate surface area is 65.9 Å². The fourth-order valence-corrected chi connectivity index (χ4v) is 0. The van der Waals surface area contributed by atoms with Crippen LogP contribution in [0.15, 0.2) is 0 Å². The summed E-state index contributed by atoms with van der Waals surface area (Å²) < 4.78 is 0. The van der Waals surface area contributed by atoms with Crippen molar-refractivity contribution in [3.05, 3.63) is 0 Å². The van der Waals surface area contributed by atoms with Crippen molar-refractivity contribution in [2.45, 2.75) is 0 Å². The van der Waals surface area contributed by atoms with Gasteiger partial charge in [-0.1, -0.05) is 0 Å². The van der Waals surface area contributed by atoms with Gasteiger partial charge in [0, 0.05) is 0 Å². The van der Waals surface area contributed by atoms with Crippen LogP contribution >= 0.6 is 0 Å². The maximum absolute atomic E-state index is 7.99. The predicted molar refractivity (Wildman–Crippen MR) is 3.71 cm³/mol. The van der Waals surface area contributed by atoms with E-state index in [4.69, 9.17) is 10.5 Å². The van der Waals surface area contributed by atoms with E-state index in [1.54, 1.807) is 0 Å². The molecule has 0 bridgehead atoms. The van der Waals surface area contributed by atoms with Crippen molar-refractivity contribution in [1.82, 2.24) is 0 Å². The third-order valence-corrected chi connectivity index (χ3v) is 0. The molecule has 3 nitrogen and oxygen atoms in total. The van der Waals surface area contributed by atoms with Gasteiger partial charge in [0.15, 0.2) is 0 Å². The zero-order chi connectivity index (χ0) is 2.71. The molecule has 0 aromatic rings. The Balaban J connectivity index is 0. The van der Waals surface area contributed by atoms with Gasteiger partial charge in [-0.15, -0.1) is 0 Å². The van der Waals surface area contributed by atoms with Crippen molar-refractivity contribution in [3.63, 3.8) is 0 Å². The molecule has 0 unspecified atom stereocenters. The van der Waals surface area contributed by atoms with E-state index < -0.39 is 0 Å². The third-order valence-electron chi connectivity index (χ3n) is 0. The molecule has 20 valence electrons. The maximum atomic E-state index is 7.99. The number of hydrogen-bond donors (Lipinski definition) is 1. The van der Waals surface area contributed by atoms with E-state index in [-0.39, 0.29) is 51.4 Å². The summed E-state index contributed by atoms with van der Waals surface area (Å²) >= 11 is 0. The Morgan fingerprint density at radius 1 is 1.75 bits per heavy atom. The van der Waals surface area contributed by atoms with E-state index in [0.717, 1.165) is 0 Å². The van der Waals surface area contributed by atoms with Gasteiger partial charge < -0.3 is 10.3 Å². The molecule has 0 saturated carbocycles. The molecule has 0 radical (unpaired) electrons. The fraction of sp³-hybridized carbons (Fsp3) is 0. The first-order valence-electron chi connectivity index (χ1n) is 0.349. The van der Waals surface area contributed by atoms with Crippen molar-refractivity contribution >= 4 is 0 Å². The summed E-state index contributed by atoms with van der Waals surface area (Å²) in [5, 5.41) is 16.5. The van der Waals surface area contributed by atoms with Crippen LogP contribution in [0.2, 0.25) is 0 Å². The van der Waals surface area contributed by atoms with Gasteiger partial charge in [-0.2, -0.15) is 0 Å². The topological polar surface area (TPSA) is 52.5 Å². The smallest absolute Gasteiger partial charge is 0.692 e. The van der Waals surface area contributed by atoms with Gasteiger partial charge in [-0.05, 0) is 0 Å². The van der Waals surface area contributed by atoms with E-state index in [1.165, 1.54) is 0 Å². The molecule has 4 heteroatoms. The molecule has 0 atom stereocenters. The van der Waals surface area contributed by atoms with Crippen LogP contribution in [0.1, 0.15) is 0 Å². The average Bonchev–Trinajstić information content (AvgIpc) is 0.918. The van der Waals surface area contributed by atoms with Crippen LogP contribution in [0.3, 0.4) is 0 Å². The SMILES string of the molecule is [K+].[O-]OO. The molecule has 0 saturated heterocycles. The summed E-state index contributed by atoms with van der Waals surface area (Å²) in [7, 11) is 0. The van der Waals surface area contributed by atoms with Crippen LogP contribution in [0, 0.1) is 0 Å². The quantitative estimate of drug-likeness (QED) is 0.185. The second kappa shape index (κ2) is 8.82. The molecule has 0 heterocycles. The molecule has 1 N–H and O–H groups in total. The Morgan fingerprint density at radius 2 is 1.75 bits per heavy atom. The molecule has 0 fully saturated rings. The molecule has 0 rings (SSSR count). The minimum atomic E-state index is 0. The molecule has 0 spiro atoms. The van der Waals surface area contributed by atoms with Crippen molar-refractivity contribution in [1.29, 1.82) is 0 Å². The molecule has 4 heavy (non-hydrogen) atoms. The molecular weight excluding hydrogens is 87.1 g/mol. The van der Waals surface area contributed by atoms with E-state index in [2.05, 4.69) is 0 Å². The van der Waals surface area contributed by atoms with Crippen LogP contribution in [0.5, 0.6) is 0 Å². The monoisotopic (exact) mass is 88.0 g/mol. The van der Waals surface area contributed by atoms with Gasteiger partial charge >= 0.3 is 51.4 Å². The minimum absolute atomic E-state index is 0. The zero-order valence-electron chi connectivity index (χ0n) is 2.26. The maximum Gasteiger partial charge on any atom is 1.00 e. The van der Waals surface area contributed by atoms with Gasteiger partial charge in [0.05, 0.1) is 0 Å². The first-order valence-corrected chi connectivity index (χ1v) is 0.349. The summed E-state index contributed by atoms with van der Waals surface area (Å²) in [5.74, 6) is 0. The van der Waals surface area contributed by atoms with Gasteiger partial charge in [0.2, 0.25) is 0 Å². The standard InChI is InChI=1S/K.H2O3/c;1-3-2/h;1-2H/q+1;/p-1. The van der Waals surface area contributed by atoms with Crippen molar-refractivity contribution in [2.24, 2.45) is 0 Å². The number of hydrogen-bond acceptors (Lipinski definition) is 3. The molecular formula is HKO3. The zero-order valence-corrected chi connectivity index (χ0v) is 5.39. The summed E-state index contributed by atoms with van der Waals surface area (Å²) in [6.45, 7) is 0. The third kappa shape index (κ3) is 9.68. The summed E-state index contributed by atoms with van der Waals surface area (Å²) in [6.07, 6.45) is 0. The van der Waals surface area contributed by atoms with Crippen LogP contribution in [0.4, 0.5) is 0 Å². The Kier molecular flexibility index (Phi) is 20.1. The van der Waals surface area contributed by atoms with E-state index in [9.17, 15) is 0 Å². The van der Waals surface area contributed by atoms with Crippen LogP contribution in [-0.2, 0) is 5.04 Å². The van der Waals surface area contributed by atoms with Crippen LogP contribution in [-0.4, -0.2) is 5.26 Å². The van der Waals surface area contributed by atoms with E-state index >= 15 is 0 Å². The molecule has 0 aromatic heterocycles. The second-order valence-corrected chi connectivity index (χ2v) is 0.0745. The minimum Gasteiger partial charge on any atom is -0.692 e. The summed E-state index contributed by atoms with van der Waals surface area (Å²) in [5.41, 5.74) is 0. The molecule has 0 amide bonds. The van der Waals surface area contributed by atoms with Gasteiger partial charge in [-0.25, -0.2) is 0 Å². The first-order chi connectivity index (χ1) is 1.41. The Hall–Kier alpha value is 1.52. The summed E-state index contributed by atoms with van der Waals surface area (Å²) in [4.78, 5) is 0.